The Morgan fingerprint density at radius 3 is 2.77 bits per heavy atom. The first-order valence-electron chi connectivity index (χ1n) is 7.34. The highest BCUT2D eigenvalue weighted by atomic mass is 32.2. The molecule has 2 rings (SSSR count). The molecule has 1 aromatic rings. The van der Waals surface area contributed by atoms with Gasteiger partial charge in [-0.1, -0.05) is 31.9 Å². The SMILES string of the molecule is CC(=O)c1cccc(S(=O)(=O)N[C@@]2(C#N)CCC[C@@H](C)C2)c1. The second-order valence-corrected chi connectivity index (χ2v) is 7.77. The molecule has 1 saturated carbocycles. The van der Waals surface area contributed by atoms with Crippen molar-refractivity contribution in [3.63, 3.8) is 0 Å². The molecular formula is C16H20N2O3S. The van der Waals surface area contributed by atoms with Gasteiger partial charge in [0.25, 0.3) is 0 Å². The van der Waals surface area contributed by atoms with E-state index in [-0.39, 0.29) is 10.7 Å². The number of nitriles is 1. The van der Waals surface area contributed by atoms with Crippen LogP contribution in [-0.2, 0) is 10.0 Å². The number of nitrogens with one attached hydrogen (secondary N) is 1. The number of Topliss-reactive ketones (excluding diaryl/α,β-unsaturated/α-hetero) is 1. The summed E-state index contributed by atoms with van der Waals surface area (Å²) in [5, 5.41) is 9.48. The fourth-order valence-electron chi connectivity index (χ4n) is 2.97. The molecule has 2 atom stereocenters. The summed E-state index contributed by atoms with van der Waals surface area (Å²) >= 11 is 0. The van der Waals surface area contributed by atoms with Crippen LogP contribution in [0.2, 0.25) is 0 Å². The largest absolute Gasteiger partial charge is 0.295 e. The number of ketones is 1. The summed E-state index contributed by atoms with van der Waals surface area (Å²) in [6.45, 7) is 3.41. The average molecular weight is 320 g/mol. The Morgan fingerprint density at radius 1 is 1.45 bits per heavy atom. The lowest BCUT2D eigenvalue weighted by Crippen LogP contribution is -2.49. The summed E-state index contributed by atoms with van der Waals surface area (Å²) in [6.07, 6.45) is 2.85. The Hall–Kier alpha value is -1.71. The number of nitrogens with zero attached hydrogens (tertiary/aromatic N) is 1. The Labute approximate surface area is 131 Å². The van der Waals surface area contributed by atoms with E-state index in [0.29, 0.717) is 24.3 Å². The van der Waals surface area contributed by atoms with Crippen LogP contribution in [0.15, 0.2) is 29.2 Å². The maximum Gasteiger partial charge on any atom is 0.241 e. The number of hydrogen-bond donors (Lipinski definition) is 1. The van der Waals surface area contributed by atoms with E-state index in [0.717, 1.165) is 12.8 Å². The fourth-order valence-corrected chi connectivity index (χ4v) is 4.37. The zero-order valence-corrected chi connectivity index (χ0v) is 13.6. The summed E-state index contributed by atoms with van der Waals surface area (Å²) in [6, 6.07) is 8.05. The molecular weight excluding hydrogens is 300 g/mol. The van der Waals surface area contributed by atoms with Crippen LogP contribution in [0.5, 0.6) is 0 Å². The molecule has 1 aliphatic rings. The average Bonchev–Trinajstić information content (AvgIpc) is 2.47. The van der Waals surface area contributed by atoms with Gasteiger partial charge in [-0.05, 0) is 37.8 Å². The molecule has 118 valence electrons. The van der Waals surface area contributed by atoms with Crippen LogP contribution in [-0.4, -0.2) is 19.7 Å². The van der Waals surface area contributed by atoms with Crippen LogP contribution in [0.3, 0.4) is 0 Å². The second kappa shape index (κ2) is 6.19. The number of rotatable bonds is 4. The van der Waals surface area contributed by atoms with Gasteiger partial charge in [0.2, 0.25) is 10.0 Å². The standard InChI is InChI=1S/C16H20N2O3S/c1-12-5-4-8-16(10-12,11-17)18-22(20,21)15-7-3-6-14(9-15)13(2)19/h3,6-7,9,12,18H,4-5,8,10H2,1-2H3/t12-,16+/m1/s1. The fraction of sp³-hybridized carbons (Fsp3) is 0.500. The summed E-state index contributed by atoms with van der Waals surface area (Å²) in [5.41, 5.74) is -0.714. The van der Waals surface area contributed by atoms with Crippen molar-refractivity contribution in [1.29, 1.82) is 5.26 Å². The smallest absolute Gasteiger partial charge is 0.241 e. The van der Waals surface area contributed by atoms with E-state index in [1.807, 2.05) is 6.92 Å². The van der Waals surface area contributed by atoms with Crippen molar-refractivity contribution >= 4 is 15.8 Å². The third kappa shape index (κ3) is 3.54. The lowest BCUT2D eigenvalue weighted by atomic mass is 9.78. The molecule has 6 heteroatoms. The molecule has 0 radical (unpaired) electrons. The minimum absolute atomic E-state index is 0.0213. The van der Waals surface area contributed by atoms with Gasteiger partial charge in [-0.2, -0.15) is 9.98 Å². The van der Waals surface area contributed by atoms with Crippen LogP contribution in [0.4, 0.5) is 0 Å². The van der Waals surface area contributed by atoms with Crippen LogP contribution < -0.4 is 4.72 Å². The van der Waals surface area contributed by atoms with E-state index >= 15 is 0 Å². The quantitative estimate of drug-likeness (QED) is 0.864. The lowest BCUT2D eigenvalue weighted by molar-refractivity contribution is 0.101. The molecule has 22 heavy (non-hydrogen) atoms. The van der Waals surface area contributed by atoms with Gasteiger partial charge in [0.05, 0.1) is 11.0 Å². The summed E-state index contributed by atoms with van der Waals surface area (Å²) in [7, 11) is -3.83. The van der Waals surface area contributed by atoms with Gasteiger partial charge in [0, 0.05) is 5.56 Å². The monoisotopic (exact) mass is 320 g/mol. The second-order valence-electron chi connectivity index (χ2n) is 6.08. The van der Waals surface area contributed by atoms with E-state index in [9.17, 15) is 18.5 Å². The van der Waals surface area contributed by atoms with Gasteiger partial charge in [0.1, 0.15) is 5.54 Å². The Bertz CT molecular complexity index is 721. The number of benzene rings is 1. The predicted octanol–water partition coefficient (Wildman–Crippen LogP) is 2.64. The van der Waals surface area contributed by atoms with Gasteiger partial charge >= 0.3 is 0 Å². The highest BCUT2D eigenvalue weighted by Crippen LogP contribution is 2.33. The van der Waals surface area contributed by atoms with E-state index in [1.165, 1.54) is 25.1 Å². The maximum absolute atomic E-state index is 12.6. The number of sulfonamides is 1. The Morgan fingerprint density at radius 2 is 2.18 bits per heavy atom. The molecule has 0 amide bonds. The third-order valence-corrected chi connectivity index (χ3v) is 5.63. The molecule has 5 nitrogen and oxygen atoms in total. The van der Waals surface area contributed by atoms with Gasteiger partial charge in [-0.25, -0.2) is 8.42 Å². The zero-order valence-electron chi connectivity index (χ0n) is 12.8. The summed E-state index contributed by atoms with van der Waals surface area (Å²) < 4.78 is 27.7. The molecule has 1 N–H and O–H groups in total. The molecule has 0 unspecified atom stereocenters. The Balaban J connectivity index is 2.33. The molecule has 0 saturated heterocycles. The van der Waals surface area contributed by atoms with Crippen molar-refractivity contribution in [1.82, 2.24) is 4.72 Å². The number of carbonyl (C=O) groups is 1. The topological polar surface area (TPSA) is 87.0 Å². The number of hydrogen-bond acceptors (Lipinski definition) is 4. The van der Waals surface area contributed by atoms with Crippen LogP contribution in [0, 0.1) is 17.2 Å². The van der Waals surface area contributed by atoms with Crippen LogP contribution >= 0.6 is 0 Å². The van der Waals surface area contributed by atoms with E-state index < -0.39 is 15.6 Å². The zero-order chi connectivity index (χ0) is 16.4. The van der Waals surface area contributed by atoms with Crippen LogP contribution in [0.1, 0.15) is 49.9 Å². The molecule has 1 aliphatic carbocycles. The van der Waals surface area contributed by atoms with E-state index in [2.05, 4.69) is 10.8 Å². The molecule has 0 heterocycles. The minimum Gasteiger partial charge on any atom is -0.295 e. The van der Waals surface area contributed by atoms with Gasteiger partial charge in [-0.3, -0.25) is 4.79 Å². The summed E-state index contributed by atoms with van der Waals surface area (Å²) in [4.78, 5) is 11.4. The van der Waals surface area contributed by atoms with Crippen molar-refractivity contribution in [2.75, 3.05) is 0 Å². The third-order valence-electron chi connectivity index (χ3n) is 4.09. The maximum atomic E-state index is 12.6. The molecule has 0 aromatic heterocycles. The lowest BCUT2D eigenvalue weighted by Gasteiger charge is -2.34. The highest BCUT2D eigenvalue weighted by molar-refractivity contribution is 7.89. The van der Waals surface area contributed by atoms with Crippen molar-refractivity contribution in [3.05, 3.63) is 29.8 Å². The van der Waals surface area contributed by atoms with Crippen molar-refractivity contribution < 1.29 is 13.2 Å². The van der Waals surface area contributed by atoms with E-state index in [4.69, 9.17) is 0 Å². The summed E-state index contributed by atoms with van der Waals surface area (Å²) in [5.74, 6) is 0.109. The van der Waals surface area contributed by atoms with Gasteiger partial charge in [0.15, 0.2) is 5.78 Å². The van der Waals surface area contributed by atoms with Crippen molar-refractivity contribution in [2.24, 2.45) is 5.92 Å². The molecule has 1 fully saturated rings. The molecule has 0 aliphatic heterocycles. The van der Waals surface area contributed by atoms with Crippen molar-refractivity contribution in [3.8, 4) is 6.07 Å². The molecule has 0 spiro atoms. The van der Waals surface area contributed by atoms with E-state index in [1.54, 1.807) is 6.07 Å². The normalized spacial score (nSPS) is 25.4. The molecule has 1 aromatic carbocycles. The highest BCUT2D eigenvalue weighted by Gasteiger charge is 2.39. The minimum atomic E-state index is -3.83. The first-order valence-corrected chi connectivity index (χ1v) is 8.82. The first kappa shape index (κ1) is 16.7. The van der Waals surface area contributed by atoms with Gasteiger partial charge in [-0.15, -0.1) is 0 Å². The van der Waals surface area contributed by atoms with Crippen LogP contribution in [0.25, 0.3) is 0 Å². The Kier molecular flexibility index (Phi) is 4.69. The van der Waals surface area contributed by atoms with Gasteiger partial charge < -0.3 is 0 Å². The predicted molar refractivity (Wildman–Crippen MR) is 82.7 cm³/mol. The molecule has 0 bridgehead atoms. The first-order chi connectivity index (χ1) is 10.3. The number of carbonyl (C=O) groups excluding carboxylic acids is 1. The van der Waals surface area contributed by atoms with Crippen molar-refractivity contribution in [2.45, 2.75) is 50.0 Å².